The fourth-order valence-corrected chi connectivity index (χ4v) is 0.960. The average molecular weight is 218 g/mol. The molecule has 0 aromatic rings. The number of rotatable bonds is 6. The molecule has 0 aliphatic rings. The molecule has 2 amide bonds. The molecule has 0 atom stereocenters. The van der Waals surface area contributed by atoms with Gasteiger partial charge < -0.3 is 20.8 Å². The predicted octanol–water partition coefficient (Wildman–Crippen LogP) is -1.77. The van der Waals surface area contributed by atoms with Gasteiger partial charge in [0.05, 0.1) is 18.6 Å². The monoisotopic (exact) mass is 218 g/mol. The topological polar surface area (TPSA) is 98.7 Å². The van der Waals surface area contributed by atoms with E-state index in [9.17, 15) is 9.59 Å². The Kier molecular flexibility index (Phi) is 5.88. The summed E-state index contributed by atoms with van der Waals surface area (Å²) >= 11 is 0. The highest BCUT2D eigenvalue weighted by molar-refractivity contribution is 5.73. The molecule has 0 unspecified atom stereocenters. The number of hydrogen-bond donors (Lipinski definition) is 4. The van der Waals surface area contributed by atoms with E-state index in [0.29, 0.717) is 0 Å². The van der Waals surface area contributed by atoms with Gasteiger partial charge in [0.2, 0.25) is 11.8 Å². The lowest BCUT2D eigenvalue weighted by Gasteiger charge is -2.29. The van der Waals surface area contributed by atoms with Gasteiger partial charge in [-0.3, -0.25) is 9.59 Å². The van der Waals surface area contributed by atoms with E-state index < -0.39 is 5.41 Å². The number of aliphatic hydroxyl groups excluding tert-OH is 2. The molecule has 0 aromatic carbocycles. The van der Waals surface area contributed by atoms with Crippen LogP contribution < -0.4 is 10.6 Å². The average Bonchev–Trinajstić information content (AvgIpc) is 2.19. The van der Waals surface area contributed by atoms with E-state index in [1.54, 1.807) is 0 Å². The molecule has 0 spiro atoms. The highest BCUT2D eigenvalue weighted by atomic mass is 16.3. The van der Waals surface area contributed by atoms with Crippen molar-refractivity contribution in [2.75, 3.05) is 26.3 Å². The van der Waals surface area contributed by atoms with Crippen LogP contribution in [0.4, 0.5) is 0 Å². The molecule has 0 rings (SSSR count). The maximum absolute atomic E-state index is 10.7. The number of aliphatic hydroxyl groups is 2. The highest BCUT2D eigenvalue weighted by Crippen LogP contribution is 2.12. The Morgan fingerprint density at radius 1 is 1.00 bits per heavy atom. The predicted molar refractivity (Wildman–Crippen MR) is 54.0 cm³/mol. The molecular formula is C9H18N2O4. The molecule has 6 nitrogen and oxygen atoms in total. The largest absolute Gasteiger partial charge is 0.396 e. The molecule has 0 aromatic heterocycles. The second-order valence-electron chi connectivity index (χ2n) is 3.64. The molecule has 4 N–H and O–H groups in total. The zero-order valence-electron chi connectivity index (χ0n) is 9.04. The van der Waals surface area contributed by atoms with Gasteiger partial charge in [0.15, 0.2) is 0 Å². The Hall–Kier alpha value is -1.14. The summed E-state index contributed by atoms with van der Waals surface area (Å²) in [7, 11) is 0. The fraction of sp³-hybridized carbons (Fsp3) is 0.778. The van der Waals surface area contributed by atoms with Crippen molar-refractivity contribution >= 4 is 11.8 Å². The summed E-state index contributed by atoms with van der Waals surface area (Å²) in [6.45, 7) is 2.30. The Morgan fingerprint density at radius 2 is 1.33 bits per heavy atom. The SMILES string of the molecule is CC(=O)NCC(CO)(CO)CNC(C)=O. The molecule has 0 aliphatic carbocycles. The van der Waals surface area contributed by atoms with E-state index in [2.05, 4.69) is 10.6 Å². The van der Waals surface area contributed by atoms with Gasteiger partial charge >= 0.3 is 0 Å². The van der Waals surface area contributed by atoms with Crippen LogP contribution in [0.1, 0.15) is 13.8 Å². The van der Waals surface area contributed by atoms with E-state index >= 15 is 0 Å². The van der Waals surface area contributed by atoms with Gasteiger partial charge in [0.1, 0.15) is 0 Å². The quantitative estimate of drug-likeness (QED) is 0.424. The minimum absolute atomic E-state index is 0.121. The lowest BCUT2D eigenvalue weighted by Crippen LogP contribution is -2.49. The van der Waals surface area contributed by atoms with Gasteiger partial charge in [-0.1, -0.05) is 0 Å². The van der Waals surface area contributed by atoms with Crippen LogP contribution in [0.5, 0.6) is 0 Å². The second kappa shape index (κ2) is 6.36. The van der Waals surface area contributed by atoms with E-state index in [-0.39, 0.29) is 38.1 Å². The Bertz CT molecular complexity index is 206. The van der Waals surface area contributed by atoms with Crippen molar-refractivity contribution in [1.29, 1.82) is 0 Å². The summed E-state index contributed by atoms with van der Waals surface area (Å²) in [5.74, 6) is -0.492. The third-order valence-corrected chi connectivity index (χ3v) is 2.10. The minimum atomic E-state index is -0.905. The van der Waals surface area contributed by atoms with Gasteiger partial charge in [-0.05, 0) is 0 Å². The van der Waals surface area contributed by atoms with E-state index in [4.69, 9.17) is 10.2 Å². The van der Waals surface area contributed by atoms with Crippen LogP contribution in [0.15, 0.2) is 0 Å². The molecule has 88 valence electrons. The summed E-state index contributed by atoms with van der Waals surface area (Å²) in [5, 5.41) is 23.3. The number of nitrogens with one attached hydrogen (secondary N) is 2. The van der Waals surface area contributed by atoms with Gasteiger partial charge in [-0.25, -0.2) is 0 Å². The third-order valence-electron chi connectivity index (χ3n) is 2.10. The maximum atomic E-state index is 10.7. The first-order chi connectivity index (χ1) is 6.95. The molecule has 0 fully saturated rings. The lowest BCUT2D eigenvalue weighted by molar-refractivity contribution is -0.120. The molecule has 0 saturated carbocycles. The zero-order chi connectivity index (χ0) is 11.9. The van der Waals surface area contributed by atoms with Crippen LogP contribution in [-0.4, -0.2) is 48.3 Å². The van der Waals surface area contributed by atoms with Crippen molar-refractivity contribution < 1.29 is 19.8 Å². The van der Waals surface area contributed by atoms with Gasteiger partial charge in [-0.2, -0.15) is 0 Å². The second-order valence-corrected chi connectivity index (χ2v) is 3.64. The Balaban J connectivity index is 4.29. The Morgan fingerprint density at radius 3 is 1.53 bits per heavy atom. The first kappa shape index (κ1) is 13.9. The summed E-state index contributed by atoms with van der Waals surface area (Å²) in [4.78, 5) is 21.4. The van der Waals surface area contributed by atoms with Gasteiger partial charge in [-0.15, -0.1) is 0 Å². The molecule has 15 heavy (non-hydrogen) atoms. The third kappa shape index (κ3) is 5.34. The van der Waals surface area contributed by atoms with Crippen LogP contribution >= 0.6 is 0 Å². The highest BCUT2D eigenvalue weighted by Gasteiger charge is 2.29. The molecule has 0 bridgehead atoms. The molecule has 0 saturated heterocycles. The van der Waals surface area contributed by atoms with Crippen molar-refractivity contribution in [3.63, 3.8) is 0 Å². The van der Waals surface area contributed by atoms with Crippen LogP contribution in [0, 0.1) is 5.41 Å². The van der Waals surface area contributed by atoms with E-state index in [0.717, 1.165) is 0 Å². The van der Waals surface area contributed by atoms with E-state index in [1.807, 2.05) is 0 Å². The number of carbonyl (C=O) groups is 2. The smallest absolute Gasteiger partial charge is 0.216 e. The maximum Gasteiger partial charge on any atom is 0.216 e. The number of amides is 2. The Labute approximate surface area is 88.7 Å². The molecule has 0 heterocycles. The van der Waals surface area contributed by atoms with Crippen LogP contribution in [-0.2, 0) is 9.59 Å². The first-order valence-corrected chi connectivity index (χ1v) is 4.66. The molecule has 6 heteroatoms. The van der Waals surface area contributed by atoms with E-state index in [1.165, 1.54) is 13.8 Å². The lowest BCUT2D eigenvalue weighted by atomic mass is 9.90. The van der Waals surface area contributed by atoms with Crippen molar-refractivity contribution in [2.24, 2.45) is 5.41 Å². The molecule has 0 radical (unpaired) electrons. The van der Waals surface area contributed by atoms with Crippen LogP contribution in [0.2, 0.25) is 0 Å². The summed E-state index contributed by atoms with van der Waals surface area (Å²) < 4.78 is 0. The van der Waals surface area contributed by atoms with Crippen molar-refractivity contribution in [1.82, 2.24) is 10.6 Å². The van der Waals surface area contributed by atoms with Crippen molar-refractivity contribution in [3.05, 3.63) is 0 Å². The van der Waals surface area contributed by atoms with Crippen molar-refractivity contribution in [3.8, 4) is 0 Å². The first-order valence-electron chi connectivity index (χ1n) is 4.66. The number of carbonyl (C=O) groups excluding carboxylic acids is 2. The summed E-state index contributed by atoms with van der Waals surface area (Å²) in [6, 6.07) is 0. The molecular weight excluding hydrogens is 200 g/mol. The minimum Gasteiger partial charge on any atom is -0.396 e. The normalized spacial score (nSPS) is 10.9. The number of hydrogen-bond acceptors (Lipinski definition) is 4. The molecule has 0 aliphatic heterocycles. The zero-order valence-corrected chi connectivity index (χ0v) is 9.04. The van der Waals surface area contributed by atoms with Crippen LogP contribution in [0.25, 0.3) is 0 Å². The van der Waals surface area contributed by atoms with Gasteiger partial charge in [0, 0.05) is 26.9 Å². The summed E-state index contributed by atoms with van der Waals surface area (Å²) in [6.07, 6.45) is 0. The summed E-state index contributed by atoms with van der Waals surface area (Å²) in [5.41, 5.74) is -0.905. The fourth-order valence-electron chi connectivity index (χ4n) is 0.960. The van der Waals surface area contributed by atoms with Crippen molar-refractivity contribution in [2.45, 2.75) is 13.8 Å². The standard InChI is InChI=1S/C9H18N2O4/c1-7(14)10-3-9(5-12,6-13)4-11-8(2)15/h12-13H,3-6H2,1-2H3,(H,10,14)(H,11,15). The van der Waals surface area contributed by atoms with Gasteiger partial charge in [0.25, 0.3) is 0 Å². The van der Waals surface area contributed by atoms with Crippen LogP contribution in [0.3, 0.4) is 0 Å².